The molecule has 109 heavy (non-hydrogen) atoms. The first kappa shape index (κ1) is 105. The monoisotopic (exact) mass is 1590 g/mol. The number of unbranched alkanes of at least 4 members (excludes halogenated alkanes) is 32. The number of carbonyl (C=O) groups is 6. The van der Waals surface area contributed by atoms with Crippen molar-refractivity contribution in [3.05, 3.63) is 48.6 Å². The average molecular weight is 1590 g/mol. The van der Waals surface area contributed by atoms with Crippen LogP contribution in [0.3, 0.4) is 0 Å². The first-order valence-corrected chi connectivity index (χ1v) is 46.4. The van der Waals surface area contributed by atoms with Crippen LogP contribution in [0.2, 0.25) is 0 Å². The second-order valence-electron chi connectivity index (χ2n) is 29.2. The van der Waals surface area contributed by atoms with Gasteiger partial charge in [-0.15, -0.1) is 0 Å². The topological polar surface area (TPSA) is 299 Å². The van der Waals surface area contributed by atoms with Crippen LogP contribution in [0.5, 0.6) is 0 Å². The number of allylic oxidation sites excluding steroid dienone is 8. The van der Waals surface area contributed by atoms with Crippen LogP contribution in [-0.4, -0.2) is 136 Å². The van der Waals surface area contributed by atoms with E-state index in [0.717, 1.165) is 141 Å². The molecule has 0 aromatic heterocycles. The van der Waals surface area contributed by atoms with Gasteiger partial charge in [-0.05, 0) is 141 Å². The van der Waals surface area contributed by atoms with Gasteiger partial charge in [-0.25, -0.2) is 9.13 Å². The van der Waals surface area contributed by atoms with Gasteiger partial charge in [-0.1, -0.05) is 231 Å². The summed E-state index contributed by atoms with van der Waals surface area (Å²) in [4.78, 5) is 99.4. The summed E-state index contributed by atoms with van der Waals surface area (Å²) in [6.07, 6.45) is 63.7. The van der Waals surface area contributed by atoms with Crippen molar-refractivity contribution in [2.24, 2.45) is 0 Å². The van der Waals surface area contributed by atoms with Crippen LogP contribution >= 0.6 is 15.6 Å². The Morgan fingerprint density at radius 1 is 0.312 bits per heavy atom. The van der Waals surface area contributed by atoms with Gasteiger partial charge in [0.15, 0.2) is 0 Å². The van der Waals surface area contributed by atoms with Crippen LogP contribution in [0.15, 0.2) is 48.6 Å². The van der Waals surface area contributed by atoms with Gasteiger partial charge >= 0.3 is 27.6 Å². The molecule has 24 heteroatoms. The molecule has 22 nitrogen and oxygen atoms in total. The van der Waals surface area contributed by atoms with Crippen LogP contribution in [0.25, 0.3) is 0 Å². The van der Waals surface area contributed by atoms with Gasteiger partial charge < -0.3 is 50.0 Å². The van der Waals surface area contributed by atoms with Crippen molar-refractivity contribution < 1.29 is 84.7 Å². The number of phosphoric acid groups is 2. The van der Waals surface area contributed by atoms with E-state index in [1.165, 1.54) is 103 Å². The molecule has 636 valence electrons. The van der Waals surface area contributed by atoms with Gasteiger partial charge in [0.05, 0.1) is 64.9 Å². The Hall–Kier alpha value is -4.08. The second kappa shape index (κ2) is 77.8. The Labute approximate surface area is 661 Å². The molecule has 0 heterocycles. The fraction of sp³-hybridized carbons (Fsp3) is 0.835. The molecule has 0 saturated heterocycles. The molecule has 6 N–H and O–H groups in total. The number of carbonyl (C=O) groups excluding carboxylic acids is 6. The number of amides is 4. The summed E-state index contributed by atoms with van der Waals surface area (Å²) in [5.41, 5.74) is 0. The summed E-state index contributed by atoms with van der Waals surface area (Å²) in [5, 5.41) is 10.7. The van der Waals surface area contributed by atoms with Gasteiger partial charge in [-0.2, -0.15) is 0 Å². The standard InChI is InChI=1S/C85H158N4O18P2/c1-7-13-19-25-29-33-35-39-41-47-53-59-80(90)88-76(72-100-67-63-78(57-51-45-23-17-11-5)106-84(94)61-55-49-43-37-31-27-21-15-9-3)74-104-108(96,97)102-69-65-86-82(92)71-83(93)87-66-70-103-109(98,99)105-75-77(89-81(91)60-54-48-42-40-36-34-30-26-20-14-8-2)73-101-68-64-79(58-52-46-24-18-12-6)107-85(95)62-56-50-44-38-32-28-22-16-10-4/h33-38,43-44,76-79H,7-32,39-42,45-75H2,1-6H3,(H,86,92)(H,87,93)(H,88,90)(H,89,91)(H,96,97)(H,98,99)/t76?,77?,78-,79-/m1/s1. The van der Waals surface area contributed by atoms with E-state index in [1.807, 2.05) is 0 Å². The van der Waals surface area contributed by atoms with Crippen molar-refractivity contribution in [3.63, 3.8) is 0 Å². The third kappa shape index (κ3) is 75.1. The highest BCUT2D eigenvalue weighted by atomic mass is 31.2. The molecule has 0 saturated carbocycles. The van der Waals surface area contributed by atoms with E-state index in [0.29, 0.717) is 64.2 Å². The maximum absolute atomic E-state index is 13.3. The molecular weight excluding hydrogens is 1430 g/mol. The lowest BCUT2D eigenvalue weighted by molar-refractivity contribution is -0.151. The van der Waals surface area contributed by atoms with Gasteiger partial charge in [0, 0.05) is 51.6 Å². The van der Waals surface area contributed by atoms with E-state index < -0.39 is 72.4 Å². The molecule has 4 unspecified atom stereocenters. The van der Waals surface area contributed by atoms with E-state index in [2.05, 4.69) is 111 Å². The normalized spacial score (nSPS) is 14.1. The minimum atomic E-state index is -4.74. The van der Waals surface area contributed by atoms with Crippen molar-refractivity contribution in [2.75, 3.05) is 65.9 Å². The first-order valence-electron chi connectivity index (χ1n) is 43.4. The zero-order valence-corrected chi connectivity index (χ0v) is 71.2. The highest BCUT2D eigenvalue weighted by molar-refractivity contribution is 7.47. The van der Waals surface area contributed by atoms with Crippen LogP contribution < -0.4 is 21.3 Å². The molecule has 0 fully saturated rings. The predicted molar refractivity (Wildman–Crippen MR) is 441 cm³/mol. The highest BCUT2D eigenvalue weighted by Crippen LogP contribution is 2.44. The minimum absolute atomic E-state index is 0.0638. The van der Waals surface area contributed by atoms with Gasteiger partial charge in [-0.3, -0.25) is 46.9 Å². The van der Waals surface area contributed by atoms with Crippen LogP contribution in [0.4, 0.5) is 0 Å². The zero-order valence-electron chi connectivity index (χ0n) is 69.4. The molecule has 6 atom stereocenters. The summed E-state index contributed by atoms with van der Waals surface area (Å²) in [5.74, 6) is -2.51. The van der Waals surface area contributed by atoms with Crippen molar-refractivity contribution >= 4 is 51.2 Å². The lowest BCUT2D eigenvalue weighted by atomic mass is 10.1. The summed E-state index contributed by atoms with van der Waals surface area (Å²) in [7, 11) is -9.49. The van der Waals surface area contributed by atoms with E-state index >= 15 is 0 Å². The van der Waals surface area contributed by atoms with Crippen LogP contribution in [0, 0.1) is 0 Å². The smallest absolute Gasteiger partial charge is 0.462 e. The van der Waals surface area contributed by atoms with Gasteiger partial charge in [0.2, 0.25) is 23.6 Å². The molecule has 0 aromatic rings. The van der Waals surface area contributed by atoms with E-state index in [4.69, 9.17) is 37.0 Å². The van der Waals surface area contributed by atoms with Crippen molar-refractivity contribution in [1.82, 2.24) is 21.3 Å². The molecule has 0 radical (unpaired) electrons. The average Bonchev–Trinajstić information content (AvgIpc) is 0.927. The Morgan fingerprint density at radius 2 is 0.596 bits per heavy atom. The molecule has 0 aliphatic heterocycles. The number of ether oxygens (including phenoxy) is 4. The summed E-state index contributed by atoms with van der Waals surface area (Å²) >= 11 is 0. The van der Waals surface area contributed by atoms with Crippen molar-refractivity contribution in [2.45, 2.75) is 393 Å². The summed E-state index contributed by atoms with van der Waals surface area (Å²) < 4.78 is 71.3. The summed E-state index contributed by atoms with van der Waals surface area (Å²) in [6.45, 7) is 11.0. The number of phosphoric ester groups is 2. The van der Waals surface area contributed by atoms with E-state index in [1.54, 1.807) is 0 Å². The van der Waals surface area contributed by atoms with Gasteiger partial charge in [0.1, 0.15) is 18.6 Å². The fourth-order valence-electron chi connectivity index (χ4n) is 12.0. The number of hydrogen-bond acceptors (Lipinski definition) is 16. The third-order valence-electron chi connectivity index (χ3n) is 18.6. The Balaban J connectivity index is 5.57. The minimum Gasteiger partial charge on any atom is -0.462 e. The number of nitrogens with one attached hydrogen (secondary N) is 4. The Bertz CT molecular complexity index is 2260. The maximum Gasteiger partial charge on any atom is 0.472 e. The van der Waals surface area contributed by atoms with Crippen molar-refractivity contribution in [1.29, 1.82) is 0 Å². The largest absolute Gasteiger partial charge is 0.472 e. The summed E-state index contributed by atoms with van der Waals surface area (Å²) in [6, 6.07) is -1.68. The molecular formula is C85H158N4O18P2. The van der Waals surface area contributed by atoms with Crippen molar-refractivity contribution in [3.8, 4) is 0 Å². The van der Waals surface area contributed by atoms with Crippen LogP contribution in [0.1, 0.15) is 369 Å². The van der Waals surface area contributed by atoms with E-state index in [-0.39, 0.29) is 88.3 Å². The lowest BCUT2D eigenvalue weighted by Crippen LogP contribution is -2.41. The molecule has 0 rings (SSSR count). The highest BCUT2D eigenvalue weighted by Gasteiger charge is 2.27. The predicted octanol–water partition coefficient (Wildman–Crippen LogP) is 20.6. The third-order valence-corrected chi connectivity index (χ3v) is 20.5. The molecule has 0 bridgehead atoms. The fourth-order valence-corrected chi connectivity index (χ4v) is 13.5. The molecule has 0 aliphatic rings. The van der Waals surface area contributed by atoms with E-state index in [9.17, 15) is 47.7 Å². The first-order chi connectivity index (χ1) is 52.9. The second-order valence-corrected chi connectivity index (χ2v) is 32.1. The molecule has 0 aromatic carbocycles. The molecule has 0 aliphatic carbocycles. The number of hydrogen-bond donors (Lipinski definition) is 6. The Morgan fingerprint density at radius 3 is 0.908 bits per heavy atom. The quantitative estimate of drug-likeness (QED) is 0.0108. The SMILES string of the molecule is CCCCCCC=CCCCCCC(=O)NC(COCC[C@@H](CCCCCCC)OC(=O)CCCC=CCCCCCC)COP(=O)(O)OCCNC(=O)CC(=O)NCCOP(=O)(O)OCC(COCC[C@@H](CCCCCCC)OC(=O)CCCC=CCCCCCC)NC(=O)CCCCCC=CCCCCCC. The van der Waals surface area contributed by atoms with Crippen LogP contribution in [-0.2, 0) is 74.9 Å². The number of esters is 2. The number of rotatable bonds is 82. The molecule has 4 amide bonds. The van der Waals surface area contributed by atoms with Gasteiger partial charge in [0.25, 0.3) is 0 Å². The maximum atomic E-state index is 13.3. The lowest BCUT2D eigenvalue weighted by Gasteiger charge is -2.22. The molecule has 0 spiro atoms. The Kier molecular flexibility index (Phi) is 74.9. The zero-order chi connectivity index (χ0) is 80.0.